The second kappa shape index (κ2) is 7.60. The largest absolute Gasteiger partial charge is 0.393 e. The van der Waals surface area contributed by atoms with E-state index in [0.717, 1.165) is 55.4 Å². The van der Waals surface area contributed by atoms with Crippen molar-refractivity contribution in [2.24, 2.45) is 46.3 Å². The van der Waals surface area contributed by atoms with Gasteiger partial charge in [-0.3, -0.25) is 4.79 Å². The number of amides is 1. The molecule has 0 aromatic heterocycles. The molecule has 4 aliphatic carbocycles. The highest BCUT2D eigenvalue weighted by Gasteiger charge is 2.60. The van der Waals surface area contributed by atoms with Gasteiger partial charge in [0, 0.05) is 13.5 Å². The van der Waals surface area contributed by atoms with Crippen LogP contribution >= 0.6 is 0 Å². The molecular weight excluding hydrogens is 346 g/mol. The zero-order chi connectivity index (χ0) is 20.1. The quantitative estimate of drug-likeness (QED) is 0.697. The Morgan fingerprint density at radius 1 is 1.04 bits per heavy atom. The van der Waals surface area contributed by atoms with E-state index >= 15 is 0 Å². The fourth-order valence-corrected chi connectivity index (χ4v) is 8.89. The lowest BCUT2D eigenvalue weighted by molar-refractivity contribution is -0.129. The fourth-order valence-electron chi connectivity index (χ4n) is 8.89. The van der Waals surface area contributed by atoms with Crippen molar-refractivity contribution >= 4 is 5.91 Å². The van der Waals surface area contributed by atoms with Gasteiger partial charge < -0.3 is 10.4 Å². The molecule has 4 saturated carbocycles. The van der Waals surface area contributed by atoms with E-state index < -0.39 is 0 Å². The topological polar surface area (TPSA) is 49.3 Å². The van der Waals surface area contributed by atoms with E-state index in [2.05, 4.69) is 26.1 Å². The zero-order valence-corrected chi connectivity index (χ0v) is 18.7. The summed E-state index contributed by atoms with van der Waals surface area (Å²) in [6, 6.07) is 0. The minimum atomic E-state index is -0.0381. The summed E-state index contributed by atoms with van der Waals surface area (Å²) in [6.45, 7) is 10.1. The molecule has 3 nitrogen and oxygen atoms in total. The van der Waals surface area contributed by atoms with E-state index in [0.29, 0.717) is 16.7 Å². The van der Waals surface area contributed by atoms with E-state index in [1.165, 1.54) is 44.9 Å². The maximum Gasteiger partial charge on any atom is 0.216 e. The molecular formula is C25H43NO2. The highest BCUT2D eigenvalue weighted by molar-refractivity contribution is 5.72. The van der Waals surface area contributed by atoms with Crippen LogP contribution in [0.1, 0.15) is 91.9 Å². The molecule has 3 heteroatoms. The number of aliphatic hydroxyl groups excluding tert-OH is 1. The van der Waals surface area contributed by atoms with Gasteiger partial charge in [0.2, 0.25) is 5.91 Å². The Balaban J connectivity index is 1.47. The van der Waals surface area contributed by atoms with Crippen LogP contribution in [0.15, 0.2) is 0 Å². The predicted octanol–water partition coefficient (Wildman–Crippen LogP) is 5.17. The van der Waals surface area contributed by atoms with Gasteiger partial charge in [-0.25, -0.2) is 0 Å². The second-order valence-electron chi connectivity index (χ2n) is 11.6. The van der Waals surface area contributed by atoms with Gasteiger partial charge in [0.1, 0.15) is 0 Å². The summed E-state index contributed by atoms with van der Waals surface area (Å²) in [7, 11) is 0. The smallest absolute Gasteiger partial charge is 0.216 e. The molecule has 28 heavy (non-hydrogen) atoms. The summed E-state index contributed by atoms with van der Waals surface area (Å²) >= 11 is 0. The molecule has 4 aliphatic rings. The van der Waals surface area contributed by atoms with Gasteiger partial charge in [0.15, 0.2) is 0 Å². The van der Waals surface area contributed by atoms with Crippen molar-refractivity contribution in [3.63, 3.8) is 0 Å². The molecule has 1 amide bonds. The van der Waals surface area contributed by atoms with Crippen LogP contribution in [0.5, 0.6) is 0 Å². The van der Waals surface area contributed by atoms with Gasteiger partial charge in [0.25, 0.3) is 0 Å². The number of aliphatic hydroxyl groups is 1. The third kappa shape index (κ3) is 3.34. The molecule has 0 bridgehead atoms. The Kier molecular flexibility index (Phi) is 5.61. The number of hydrogen-bond acceptors (Lipinski definition) is 2. The molecule has 4 fully saturated rings. The molecule has 0 aromatic rings. The van der Waals surface area contributed by atoms with E-state index in [1.54, 1.807) is 6.92 Å². The normalized spacial score (nSPS) is 48.9. The lowest BCUT2D eigenvalue weighted by atomic mass is 9.44. The molecule has 160 valence electrons. The summed E-state index contributed by atoms with van der Waals surface area (Å²) in [5.74, 6) is 5.11. The Bertz CT molecular complexity index is 591. The van der Waals surface area contributed by atoms with Gasteiger partial charge in [-0.05, 0) is 111 Å². The summed E-state index contributed by atoms with van der Waals surface area (Å²) in [5, 5.41) is 13.2. The number of hydrogen-bond donors (Lipinski definition) is 2. The monoisotopic (exact) mass is 389 g/mol. The maximum absolute atomic E-state index is 11.2. The Morgan fingerprint density at radius 3 is 2.50 bits per heavy atom. The summed E-state index contributed by atoms with van der Waals surface area (Å²) in [4.78, 5) is 11.2. The average Bonchev–Trinajstić information content (AvgIpc) is 2.99. The van der Waals surface area contributed by atoms with Crippen molar-refractivity contribution in [1.29, 1.82) is 0 Å². The number of fused-ring (bicyclic) bond motifs is 5. The van der Waals surface area contributed by atoms with E-state index in [1.807, 2.05) is 0 Å². The van der Waals surface area contributed by atoms with Gasteiger partial charge >= 0.3 is 0 Å². The van der Waals surface area contributed by atoms with Crippen LogP contribution in [0.3, 0.4) is 0 Å². The summed E-state index contributed by atoms with van der Waals surface area (Å²) in [6.07, 6.45) is 12.8. The number of nitrogens with one attached hydrogen (secondary N) is 1. The SMILES string of the molecule is CC(=O)NCC[C@@H](C)[C@H]1CC[C@H]2[C@@H]3CC[C@@H]4C[C@H](O)CC[C@]4(C)[C@H]3CC[C@]12C. The van der Waals surface area contributed by atoms with Crippen LogP contribution < -0.4 is 5.32 Å². The van der Waals surface area contributed by atoms with Crippen molar-refractivity contribution in [2.45, 2.75) is 98.0 Å². The number of carbonyl (C=O) groups excluding carboxylic acids is 1. The number of carbonyl (C=O) groups is 1. The molecule has 2 N–H and O–H groups in total. The molecule has 0 aliphatic heterocycles. The van der Waals surface area contributed by atoms with Crippen molar-refractivity contribution in [1.82, 2.24) is 5.32 Å². The first-order chi connectivity index (χ1) is 13.3. The van der Waals surface area contributed by atoms with E-state index in [9.17, 15) is 9.90 Å². The van der Waals surface area contributed by atoms with Crippen molar-refractivity contribution in [3.05, 3.63) is 0 Å². The molecule has 4 rings (SSSR count). The fraction of sp³-hybridized carbons (Fsp3) is 0.960. The molecule has 0 heterocycles. The molecule has 0 spiro atoms. The first-order valence-electron chi connectivity index (χ1n) is 12.2. The van der Waals surface area contributed by atoms with Crippen LogP contribution in [-0.2, 0) is 4.79 Å². The van der Waals surface area contributed by atoms with Gasteiger partial charge in [0.05, 0.1) is 6.10 Å². The Labute approximate surface area is 172 Å². The minimum absolute atomic E-state index is 0.0381. The summed E-state index contributed by atoms with van der Waals surface area (Å²) < 4.78 is 0. The average molecular weight is 390 g/mol. The maximum atomic E-state index is 11.2. The lowest BCUT2D eigenvalue weighted by Gasteiger charge is -2.61. The van der Waals surface area contributed by atoms with Gasteiger partial charge in [-0.2, -0.15) is 0 Å². The minimum Gasteiger partial charge on any atom is -0.393 e. The van der Waals surface area contributed by atoms with Crippen LogP contribution in [0, 0.1) is 46.3 Å². The standard InChI is InChI=1S/C25H43NO2/c1-16(11-14-26-17(2)27)21-7-8-22-20-6-5-18-15-19(28)9-12-24(18,3)23(20)10-13-25(21,22)4/h16,18-23,28H,5-15H2,1-4H3,(H,26,27)/t16-,18-,19-,20+,21-,22+,23+,24+,25-/m1/s1. The van der Waals surface area contributed by atoms with Crippen LogP contribution in [0.25, 0.3) is 0 Å². The van der Waals surface area contributed by atoms with Crippen molar-refractivity contribution in [3.8, 4) is 0 Å². The summed E-state index contributed by atoms with van der Waals surface area (Å²) in [5.41, 5.74) is 0.993. The van der Waals surface area contributed by atoms with Gasteiger partial charge in [-0.1, -0.05) is 20.8 Å². The lowest BCUT2D eigenvalue weighted by Crippen LogP contribution is -2.54. The van der Waals surface area contributed by atoms with Crippen LogP contribution in [0.4, 0.5) is 0 Å². The Morgan fingerprint density at radius 2 is 1.75 bits per heavy atom. The highest BCUT2D eigenvalue weighted by atomic mass is 16.3. The molecule has 0 radical (unpaired) electrons. The van der Waals surface area contributed by atoms with Crippen molar-refractivity contribution in [2.75, 3.05) is 6.54 Å². The van der Waals surface area contributed by atoms with Crippen LogP contribution in [-0.4, -0.2) is 23.7 Å². The third-order valence-electron chi connectivity index (χ3n) is 10.4. The third-order valence-corrected chi connectivity index (χ3v) is 10.4. The highest BCUT2D eigenvalue weighted by Crippen LogP contribution is 2.68. The van der Waals surface area contributed by atoms with Crippen LogP contribution in [0.2, 0.25) is 0 Å². The first kappa shape index (κ1) is 20.7. The Hall–Kier alpha value is -0.570. The molecule has 0 saturated heterocycles. The molecule has 0 unspecified atom stereocenters. The number of rotatable bonds is 4. The molecule has 0 aromatic carbocycles. The van der Waals surface area contributed by atoms with E-state index in [-0.39, 0.29) is 12.0 Å². The van der Waals surface area contributed by atoms with Gasteiger partial charge in [-0.15, -0.1) is 0 Å². The van der Waals surface area contributed by atoms with Crippen molar-refractivity contribution < 1.29 is 9.90 Å². The van der Waals surface area contributed by atoms with E-state index in [4.69, 9.17) is 0 Å². The zero-order valence-electron chi connectivity index (χ0n) is 18.7. The molecule has 9 atom stereocenters. The second-order valence-corrected chi connectivity index (χ2v) is 11.6. The first-order valence-corrected chi connectivity index (χ1v) is 12.2. The predicted molar refractivity (Wildman–Crippen MR) is 114 cm³/mol.